The second-order valence-corrected chi connectivity index (χ2v) is 9.07. The SMILES string of the molecule is N#CC1(NC(=O)[C@@H]2CCCC[C@H]2C(=O)N2CCC(c3ccc(C(F)(F)F)cc3)C2)CC1. The van der Waals surface area contributed by atoms with Crippen molar-refractivity contribution in [3.05, 3.63) is 35.4 Å². The minimum Gasteiger partial charge on any atom is -0.342 e. The smallest absolute Gasteiger partial charge is 0.342 e. The van der Waals surface area contributed by atoms with Gasteiger partial charge in [-0.3, -0.25) is 9.59 Å². The Bertz CT molecular complexity index is 887. The lowest BCUT2D eigenvalue weighted by molar-refractivity contribution is -0.143. The summed E-state index contributed by atoms with van der Waals surface area (Å²) in [6, 6.07) is 7.33. The molecule has 8 heteroatoms. The molecule has 1 aromatic rings. The maximum atomic E-state index is 13.3. The highest BCUT2D eigenvalue weighted by Gasteiger charge is 2.48. The zero-order valence-electron chi connectivity index (χ0n) is 17.3. The predicted molar refractivity (Wildman–Crippen MR) is 107 cm³/mol. The minimum atomic E-state index is -4.36. The van der Waals surface area contributed by atoms with E-state index in [9.17, 15) is 28.0 Å². The molecule has 1 saturated heterocycles. The van der Waals surface area contributed by atoms with Crippen LogP contribution in [0.1, 0.15) is 62.0 Å². The van der Waals surface area contributed by atoms with Gasteiger partial charge >= 0.3 is 6.18 Å². The number of nitrogens with zero attached hydrogens (tertiary/aromatic N) is 2. The second kappa shape index (κ2) is 8.18. The summed E-state index contributed by atoms with van der Waals surface area (Å²) < 4.78 is 38.4. The molecule has 0 spiro atoms. The van der Waals surface area contributed by atoms with E-state index in [-0.39, 0.29) is 17.7 Å². The van der Waals surface area contributed by atoms with Crippen molar-refractivity contribution in [2.45, 2.75) is 62.6 Å². The zero-order valence-corrected chi connectivity index (χ0v) is 17.3. The minimum absolute atomic E-state index is 0.00424. The maximum Gasteiger partial charge on any atom is 0.416 e. The maximum absolute atomic E-state index is 13.3. The summed E-state index contributed by atoms with van der Waals surface area (Å²) in [6.45, 7) is 0.995. The molecule has 2 aliphatic carbocycles. The molecule has 1 N–H and O–H groups in total. The van der Waals surface area contributed by atoms with Crippen molar-refractivity contribution < 1.29 is 22.8 Å². The Kier molecular flexibility index (Phi) is 5.71. The van der Waals surface area contributed by atoms with Crippen molar-refractivity contribution in [3.63, 3.8) is 0 Å². The van der Waals surface area contributed by atoms with Gasteiger partial charge in [0.05, 0.1) is 11.6 Å². The van der Waals surface area contributed by atoms with Crippen LogP contribution < -0.4 is 5.32 Å². The highest BCUT2D eigenvalue weighted by molar-refractivity contribution is 5.89. The lowest BCUT2D eigenvalue weighted by Gasteiger charge is -2.33. The fraction of sp³-hybridized carbons (Fsp3) is 0.609. The summed E-state index contributed by atoms with van der Waals surface area (Å²) in [5.41, 5.74) is -0.626. The Balaban J connectivity index is 1.40. The number of hydrogen-bond donors (Lipinski definition) is 1. The molecule has 0 radical (unpaired) electrons. The van der Waals surface area contributed by atoms with Gasteiger partial charge in [0.1, 0.15) is 5.54 Å². The number of likely N-dealkylation sites (tertiary alicyclic amines) is 1. The molecule has 0 bridgehead atoms. The van der Waals surface area contributed by atoms with E-state index in [1.165, 1.54) is 12.1 Å². The number of alkyl halides is 3. The van der Waals surface area contributed by atoms with Crippen molar-refractivity contribution in [1.29, 1.82) is 5.26 Å². The number of amides is 2. The van der Waals surface area contributed by atoms with Crippen LogP contribution in [0.3, 0.4) is 0 Å². The molecule has 0 aromatic heterocycles. The second-order valence-electron chi connectivity index (χ2n) is 9.07. The Labute approximate surface area is 179 Å². The summed E-state index contributed by atoms with van der Waals surface area (Å²) >= 11 is 0. The highest BCUT2D eigenvalue weighted by Crippen LogP contribution is 2.39. The first-order chi connectivity index (χ1) is 14.7. The van der Waals surface area contributed by atoms with Crippen LogP contribution in [0.4, 0.5) is 13.2 Å². The lowest BCUT2D eigenvalue weighted by Crippen LogP contribution is -2.47. The molecule has 3 atom stereocenters. The average Bonchev–Trinajstić information content (AvgIpc) is 3.36. The fourth-order valence-electron chi connectivity index (χ4n) is 4.87. The van der Waals surface area contributed by atoms with Crippen molar-refractivity contribution >= 4 is 11.8 Å². The molecular formula is C23H26F3N3O2. The van der Waals surface area contributed by atoms with E-state index in [4.69, 9.17) is 0 Å². The van der Waals surface area contributed by atoms with E-state index in [0.717, 1.165) is 30.5 Å². The van der Waals surface area contributed by atoms with Crippen LogP contribution in [0, 0.1) is 23.2 Å². The van der Waals surface area contributed by atoms with Gasteiger partial charge in [0, 0.05) is 30.8 Å². The molecule has 31 heavy (non-hydrogen) atoms. The van der Waals surface area contributed by atoms with E-state index in [0.29, 0.717) is 45.2 Å². The van der Waals surface area contributed by atoms with E-state index < -0.39 is 29.1 Å². The van der Waals surface area contributed by atoms with Gasteiger partial charge in [-0.05, 0) is 49.8 Å². The van der Waals surface area contributed by atoms with E-state index >= 15 is 0 Å². The van der Waals surface area contributed by atoms with Crippen LogP contribution in [0.2, 0.25) is 0 Å². The number of benzene rings is 1. The van der Waals surface area contributed by atoms with Crippen LogP contribution >= 0.6 is 0 Å². The number of hydrogen-bond acceptors (Lipinski definition) is 3. The number of nitriles is 1. The van der Waals surface area contributed by atoms with Gasteiger partial charge in [0.2, 0.25) is 11.8 Å². The Morgan fingerprint density at radius 3 is 2.29 bits per heavy atom. The third-order valence-corrected chi connectivity index (χ3v) is 6.96. The number of carbonyl (C=O) groups is 2. The molecule has 1 heterocycles. The number of halogens is 3. The monoisotopic (exact) mass is 433 g/mol. The van der Waals surface area contributed by atoms with E-state index in [1.54, 1.807) is 4.90 Å². The molecule has 1 aromatic carbocycles. The molecule has 2 amide bonds. The third kappa shape index (κ3) is 4.56. The van der Waals surface area contributed by atoms with Gasteiger partial charge in [-0.2, -0.15) is 18.4 Å². The molecule has 1 aliphatic heterocycles. The molecule has 4 rings (SSSR count). The van der Waals surface area contributed by atoms with Gasteiger partial charge in [0.25, 0.3) is 0 Å². The van der Waals surface area contributed by atoms with Crippen molar-refractivity contribution in [1.82, 2.24) is 10.2 Å². The lowest BCUT2D eigenvalue weighted by atomic mass is 9.77. The molecule has 166 valence electrons. The Morgan fingerprint density at radius 2 is 1.71 bits per heavy atom. The third-order valence-electron chi connectivity index (χ3n) is 6.96. The number of rotatable bonds is 4. The van der Waals surface area contributed by atoms with E-state index in [1.807, 2.05) is 0 Å². The highest BCUT2D eigenvalue weighted by atomic mass is 19.4. The summed E-state index contributed by atoms with van der Waals surface area (Å²) in [5, 5.41) is 12.1. The average molecular weight is 433 g/mol. The van der Waals surface area contributed by atoms with Crippen molar-refractivity contribution in [2.75, 3.05) is 13.1 Å². The largest absolute Gasteiger partial charge is 0.416 e. The molecule has 1 unspecified atom stereocenters. The van der Waals surface area contributed by atoms with Gasteiger partial charge in [-0.15, -0.1) is 0 Å². The van der Waals surface area contributed by atoms with Crippen LogP contribution in [-0.4, -0.2) is 35.3 Å². The van der Waals surface area contributed by atoms with E-state index in [2.05, 4.69) is 11.4 Å². The summed E-state index contributed by atoms with van der Waals surface area (Å²) in [5.74, 6) is -1.06. The van der Waals surface area contributed by atoms with Crippen LogP contribution in [0.15, 0.2) is 24.3 Å². The molecule has 3 fully saturated rings. The van der Waals surface area contributed by atoms with Crippen molar-refractivity contribution in [3.8, 4) is 6.07 Å². The Morgan fingerprint density at radius 1 is 1.06 bits per heavy atom. The molecular weight excluding hydrogens is 407 g/mol. The summed E-state index contributed by atoms with van der Waals surface area (Å²) in [6.07, 6.45) is 0.700. The first-order valence-electron chi connectivity index (χ1n) is 10.9. The summed E-state index contributed by atoms with van der Waals surface area (Å²) in [7, 11) is 0. The van der Waals surface area contributed by atoms with Crippen molar-refractivity contribution in [2.24, 2.45) is 11.8 Å². The number of carbonyl (C=O) groups excluding carboxylic acids is 2. The zero-order chi connectivity index (χ0) is 22.2. The predicted octanol–water partition coefficient (Wildman–Crippen LogP) is 4.00. The first kappa shape index (κ1) is 21.7. The fourth-order valence-corrected chi connectivity index (χ4v) is 4.87. The van der Waals surface area contributed by atoms with Crippen LogP contribution in [-0.2, 0) is 15.8 Å². The molecule has 2 saturated carbocycles. The molecule has 5 nitrogen and oxygen atoms in total. The normalized spacial score (nSPS) is 27.4. The number of nitrogens with one attached hydrogen (secondary N) is 1. The van der Waals surface area contributed by atoms with Gasteiger partial charge in [0.15, 0.2) is 0 Å². The van der Waals surface area contributed by atoms with Gasteiger partial charge in [-0.1, -0.05) is 25.0 Å². The molecule has 3 aliphatic rings. The topological polar surface area (TPSA) is 73.2 Å². The Hall–Kier alpha value is -2.56. The van der Waals surface area contributed by atoms with Crippen LogP contribution in [0.25, 0.3) is 0 Å². The summed E-state index contributed by atoms with van der Waals surface area (Å²) in [4.78, 5) is 27.8. The first-order valence-corrected chi connectivity index (χ1v) is 10.9. The quantitative estimate of drug-likeness (QED) is 0.780. The van der Waals surface area contributed by atoms with Gasteiger partial charge in [-0.25, -0.2) is 0 Å². The van der Waals surface area contributed by atoms with Gasteiger partial charge < -0.3 is 10.2 Å². The standard InChI is InChI=1S/C23H26F3N3O2/c24-23(25,26)17-7-5-15(6-8-17)16-9-12-29(13-16)21(31)19-4-2-1-3-18(19)20(30)28-22(14-27)10-11-22/h5-8,16,18-19H,1-4,9-13H2,(H,28,30)/t16?,18-,19-/m1/s1. The van der Waals surface area contributed by atoms with Crippen LogP contribution in [0.5, 0.6) is 0 Å².